The van der Waals surface area contributed by atoms with Gasteiger partial charge >= 0.3 is 0 Å². The first-order valence-corrected chi connectivity index (χ1v) is 11.9. The van der Waals surface area contributed by atoms with Crippen LogP contribution in [0.5, 0.6) is 0 Å². The highest BCUT2D eigenvalue weighted by Gasteiger charge is 2.37. The monoisotopic (exact) mass is 464 g/mol. The molecule has 3 N–H and O–H groups in total. The molecule has 2 atom stereocenters. The van der Waals surface area contributed by atoms with Crippen molar-refractivity contribution in [3.63, 3.8) is 0 Å². The minimum absolute atomic E-state index is 0.159. The maximum Gasteiger partial charge on any atom is 0.256 e. The summed E-state index contributed by atoms with van der Waals surface area (Å²) < 4.78 is 13.8. The number of amides is 3. The Bertz CT molecular complexity index is 1210. The van der Waals surface area contributed by atoms with Gasteiger partial charge in [0.25, 0.3) is 11.8 Å². The number of hydrogen-bond donors (Lipinski definition) is 3. The fourth-order valence-electron chi connectivity index (χ4n) is 5.55. The Balaban J connectivity index is 1.38. The van der Waals surface area contributed by atoms with Crippen LogP contribution < -0.4 is 10.6 Å². The second kappa shape index (κ2) is 8.74. The van der Waals surface area contributed by atoms with Crippen LogP contribution >= 0.6 is 0 Å². The summed E-state index contributed by atoms with van der Waals surface area (Å²) in [7, 11) is 0. The molecule has 7 nitrogen and oxygen atoms in total. The first-order valence-electron chi connectivity index (χ1n) is 11.9. The minimum Gasteiger partial charge on any atom is -0.358 e. The molecule has 1 saturated carbocycles. The number of aromatic amines is 1. The molecular weight excluding hydrogens is 435 g/mol. The number of rotatable bonds is 4. The summed E-state index contributed by atoms with van der Waals surface area (Å²) in [5.41, 5.74) is 3.94. The van der Waals surface area contributed by atoms with E-state index in [2.05, 4.69) is 15.6 Å². The molecule has 2 aliphatic heterocycles. The lowest BCUT2D eigenvalue weighted by Gasteiger charge is -2.25. The minimum atomic E-state index is -0.421. The second-order valence-electron chi connectivity index (χ2n) is 9.52. The first-order chi connectivity index (χ1) is 16.3. The number of fused-ring (bicyclic) bond motifs is 1. The summed E-state index contributed by atoms with van der Waals surface area (Å²) in [5, 5.41) is 5.86. The normalized spacial score (nSPS) is 22.9. The van der Waals surface area contributed by atoms with Crippen LogP contribution in [0.25, 0.3) is 11.6 Å². The summed E-state index contributed by atoms with van der Waals surface area (Å²) in [6.07, 6.45) is 6.26. The summed E-state index contributed by atoms with van der Waals surface area (Å²) >= 11 is 0. The summed E-state index contributed by atoms with van der Waals surface area (Å²) in [4.78, 5) is 43.9. The Kier molecular flexibility index (Phi) is 5.75. The van der Waals surface area contributed by atoms with Gasteiger partial charge < -0.3 is 20.5 Å². The quantitative estimate of drug-likeness (QED) is 0.601. The van der Waals surface area contributed by atoms with E-state index in [0.717, 1.165) is 45.2 Å². The number of nitrogens with zero attached hydrogens (tertiary/aromatic N) is 1. The average Bonchev–Trinajstić information content (AvgIpc) is 3.57. The maximum absolute atomic E-state index is 13.8. The number of likely N-dealkylation sites (tertiary alicyclic amines) is 1. The van der Waals surface area contributed by atoms with Crippen molar-refractivity contribution in [2.75, 3.05) is 18.4 Å². The van der Waals surface area contributed by atoms with Gasteiger partial charge in [-0.1, -0.05) is 6.42 Å². The van der Waals surface area contributed by atoms with Gasteiger partial charge in [0.1, 0.15) is 5.82 Å². The van der Waals surface area contributed by atoms with Crippen molar-refractivity contribution in [1.82, 2.24) is 15.2 Å². The Labute approximate surface area is 197 Å². The predicted octanol–water partition coefficient (Wildman–Crippen LogP) is 3.78. The van der Waals surface area contributed by atoms with Gasteiger partial charge in [-0.2, -0.15) is 0 Å². The van der Waals surface area contributed by atoms with Crippen LogP contribution in [-0.2, 0) is 9.59 Å². The molecule has 34 heavy (non-hydrogen) atoms. The van der Waals surface area contributed by atoms with Crippen molar-refractivity contribution in [1.29, 1.82) is 0 Å². The summed E-state index contributed by atoms with van der Waals surface area (Å²) in [5.74, 6) is -0.963. The Morgan fingerprint density at radius 1 is 1.15 bits per heavy atom. The zero-order chi connectivity index (χ0) is 24.0. The number of hydrogen-bond acceptors (Lipinski definition) is 3. The molecular formula is C26H29FN4O3. The van der Waals surface area contributed by atoms with Crippen molar-refractivity contribution < 1.29 is 18.8 Å². The van der Waals surface area contributed by atoms with Gasteiger partial charge in [-0.25, -0.2) is 4.39 Å². The number of benzene rings is 1. The van der Waals surface area contributed by atoms with E-state index >= 15 is 0 Å². The van der Waals surface area contributed by atoms with Crippen molar-refractivity contribution in [2.45, 2.75) is 52.0 Å². The Morgan fingerprint density at radius 3 is 2.68 bits per heavy atom. The molecule has 0 bridgehead atoms. The van der Waals surface area contributed by atoms with Gasteiger partial charge in [-0.15, -0.1) is 0 Å². The van der Waals surface area contributed by atoms with E-state index < -0.39 is 5.82 Å². The highest BCUT2D eigenvalue weighted by molar-refractivity contribution is 6.34. The van der Waals surface area contributed by atoms with E-state index in [9.17, 15) is 18.8 Å². The molecule has 1 aromatic heterocycles. The van der Waals surface area contributed by atoms with Crippen molar-refractivity contribution in [3.05, 3.63) is 52.1 Å². The number of aryl methyl sites for hydroxylation is 1. The van der Waals surface area contributed by atoms with Crippen LogP contribution in [-0.4, -0.2) is 46.7 Å². The molecule has 0 spiro atoms. The maximum atomic E-state index is 13.8. The SMILES string of the molecule is Cc1[nH]c(C=C2C(=O)Nc3ccc(F)cc32)c(C)c1C(=O)N[C@@H]1CCC[C@@H]1C(=O)N1CCCC1. The third-order valence-corrected chi connectivity index (χ3v) is 7.32. The molecule has 3 aliphatic rings. The number of halogens is 1. The summed E-state index contributed by atoms with van der Waals surface area (Å²) in [6, 6.07) is 4.00. The first kappa shape index (κ1) is 22.4. The lowest BCUT2D eigenvalue weighted by Crippen LogP contribution is -2.45. The molecule has 178 valence electrons. The fraction of sp³-hybridized carbons (Fsp3) is 0.423. The topological polar surface area (TPSA) is 94.3 Å². The number of H-pyrrole nitrogens is 1. The molecule has 2 aromatic rings. The number of anilines is 1. The van der Waals surface area contributed by atoms with Gasteiger partial charge in [0.05, 0.1) is 17.1 Å². The van der Waals surface area contributed by atoms with E-state index in [1.165, 1.54) is 18.2 Å². The van der Waals surface area contributed by atoms with Gasteiger partial charge in [0, 0.05) is 41.8 Å². The molecule has 1 aliphatic carbocycles. The highest BCUT2D eigenvalue weighted by Crippen LogP contribution is 2.35. The van der Waals surface area contributed by atoms with Crippen LogP contribution in [0.3, 0.4) is 0 Å². The number of aromatic nitrogens is 1. The third kappa shape index (κ3) is 3.91. The predicted molar refractivity (Wildman–Crippen MR) is 128 cm³/mol. The third-order valence-electron chi connectivity index (χ3n) is 7.32. The zero-order valence-electron chi connectivity index (χ0n) is 19.5. The van der Waals surface area contributed by atoms with Crippen molar-refractivity contribution in [2.24, 2.45) is 5.92 Å². The van der Waals surface area contributed by atoms with Crippen molar-refractivity contribution >= 4 is 35.1 Å². The van der Waals surface area contributed by atoms with Crippen LogP contribution in [0, 0.1) is 25.6 Å². The lowest BCUT2D eigenvalue weighted by atomic mass is 10.0. The van der Waals surface area contributed by atoms with E-state index in [4.69, 9.17) is 0 Å². The molecule has 1 aromatic carbocycles. The molecule has 2 fully saturated rings. The number of nitrogens with one attached hydrogen (secondary N) is 3. The van der Waals surface area contributed by atoms with Gasteiger partial charge in [0.15, 0.2) is 0 Å². The molecule has 8 heteroatoms. The van der Waals surface area contributed by atoms with Crippen LogP contribution in [0.4, 0.5) is 10.1 Å². The zero-order valence-corrected chi connectivity index (χ0v) is 19.5. The molecule has 5 rings (SSSR count). The van der Waals surface area contributed by atoms with Crippen LogP contribution in [0.15, 0.2) is 18.2 Å². The fourth-order valence-corrected chi connectivity index (χ4v) is 5.55. The lowest BCUT2D eigenvalue weighted by molar-refractivity contribution is -0.134. The van der Waals surface area contributed by atoms with Crippen LogP contribution in [0.1, 0.15) is 65.0 Å². The van der Waals surface area contributed by atoms with Gasteiger partial charge in [-0.3, -0.25) is 14.4 Å². The van der Waals surface area contributed by atoms with E-state index in [0.29, 0.717) is 39.3 Å². The highest BCUT2D eigenvalue weighted by atomic mass is 19.1. The second-order valence-corrected chi connectivity index (χ2v) is 9.52. The van der Waals surface area contributed by atoms with E-state index in [-0.39, 0.29) is 29.7 Å². The standard InChI is InChI=1S/C26H29FN4O3/c1-14-22(13-19-18-12-16(27)8-9-21(18)29-24(19)32)28-15(2)23(14)25(33)30-20-7-5-6-17(20)26(34)31-10-3-4-11-31/h8-9,12-13,17,20,28H,3-7,10-11H2,1-2H3,(H,29,32)(H,30,33)/t17-,20+/m0/s1. The number of carbonyl (C=O) groups is 3. The molecule has 3 amide bonds. The molecule has 1 saturated heterocycles. The van der Waals surface area contributed by atoms with Crippen LogP contribution in [0.2, 0.25) is 0 Å². The summed E-state index contributed by atoms with van der Waals surface area (Å²) in [6.45, 7) is 5.26. The molecule has 0 unspecified atom stereocenters. The molecule has 0 radical (unpaired) electrons. The van der Waals surface area contributed by atoms with E-state index in [1.54, 1.807) is 6.08 Å². The van der Waals surface area contributed by atoms with Gasteiger partial charge in [-0.05, 0) is 69.4 Å². The average molecular weight is 465 g/mol. The number of carbonyl (C=O) groups excluding carboxylic acids is 3. The largest absolute Gasteiger partial charge is 0.358 e. The van der Waals surface area contributed by atoms with Gasteiger partial charge in [0.2, 0.25) is 5.91 Å². The Hall–Kier alpha value is -3.42. The van der Waals surface area contributed by atoms with Crippen molar-refractivity contribution in [3.8, 4) is 0 Å². The molecule has 3 heterocycles. The Morgan fingerprint density at radius 2 is 1.91 bits per heavy atom. The smallest absolute Gasteiger partial charge is 0.256 e. The van der Waals surface area contributed by atoms with E-state index in [1.807, 2.05) is 18.7 Å².